The Kier molecular flexibility index (Phi) is 13.4. The number of allylic oxidation sites excluding steroid dienone is 5. The number of hydrogen-bond acceptors (Lipinski definition) is 1. The first-order valence-corrected chi connectivity index (χ1v) is 19.2. The van der Waals surface area contributed by atoms with Gasteiger partial charge in [-0.15, -0.1) is 0 Å². The molecular formula is C43H58Cl3N. The van der Waals surface area contributed by atoms with E-state index >= 15 is 0 Å². The lowest BCUT2D eigenvalue weighted by molar-refractivity contribution is -0.0311. The molecule has 2 aromatic rings. The second kappa shape index (κ2) is 16.7. The van der Waals surface area contributed by atoms with Gasteiger partial charge in [-0.1, -0.05) is 126 Å². The molecule has 2 fully saturated rings. The van der Waals surface area contributed by atoms with Crippen LogP contribution in [0.25, 0.3) is 6.08 Å². The molecule has 1 N–H and O–H groups in total. The molecule has 3 atom stereocenters. The van der Waals surface area contributed by atoms with Crippen LogP contribution >= 0.6 is 34.8 Å². The molecule has 0 radical (unpaired) electrons. The average Bonchev–Trinajstić information content (AvgIpc) is 3.86. The van der Waals surface area contributed by atoms with Crippen LogP contribution in [0, 0.1) is 23.7 Å². The van der Waals surface area contributed by atoms with Crippen molar-refractivity contribution >= 4 is 40.9 Å². The molecular weight excluding hydrogens is 637 g/mol. The fraction of sp³-hybridized carbons (Fsp3) is 0.535. The molecule has 0 amide bonds. The van der Waals surface area contributed by atoms with Crippen LogP contribution in [-0.4, -0.2) is 6.04 Å². The molecule has 3 aliphatic rings. The first kappa shape index (κ1) is 37.9. The van der Waals surface area contributed by atoms with Gasteiger partial charge in [0.15, 0.2) is 0 Å². The zero-order valence-electron chi connectivity index (χ0n) is 30.3. The topological polar surface area (TPSA) is 12.0 Å². The molecule has 256 valence electrons. The summed E-state index contributed by atoms with van der Waals surface area (Å²) < 4.78 is 0. The van der Waals surface area contributed by atoms with Crippen molar-refractivity contribution in [2.45, 2.75) is 132 Å². The van der Waals surface area contributed by atoms with Gasteiger partial charge in [0.2, 0.25) is 0 Å². The highest BCUT2D eigenvalue weighted by Gasteiger charge is 2.51. The van der Waals surface area contributed by atoms with Crippen molar-refractivity contribution < 1.29 is 0 Å². The van der Waals surface area contributed by atoms with E-state index in [1.165, 1.54) is 80.2 Å². The highest BCUT2D eigenvalue weighted by Crippen LogP contribution is 2.55. The summed E-state index contributed by atoms with van der Waals surface area (Å²) in [5.74, 6) is 0.821. The Morgan fingerprint density at radius 2 is 1.64 bits per heavy atom. The van der Waals surface area contributed by atoms with Crippen molar-refractivity contribution in [2.24, 2.45) is 16.7 Å². The van der Waals surface area contributed by atoms with Gasteiger partial charge in [0, 0.05) is 26.8 Å². The van der Waals surface area contributed by atoms with E-state index < -0.39 is 0 Å². The summed E-state index contributed by atoms with van der Waals surface area (Å²) in [7, 11) is 0. The minimum absolute atomic E-state index is 0.202. The fourth-order valence-corrected chi connectivity index (χ4v) is 8.46. The largest absolute Gasteiger partial charge is 0.381 e. The van der Waals surface area contributed by atoms with Gasteiger partial charge in [0.05, 0.1) is 0 Å². The lowest BCUT2D eigenvalue weighted by Crippen LogP contribution is -2.58. The normalized spacial score (nSPS) is 22.8. The van der Waals surface area contributed by atoms with E-state index in [-0.39, 0.29) is 5.41 Å². The SMILES string of the molecule is CC/C=C(C1=C(CCC)/C(=C/c2ccc(Cl)cc2)CCC1)\C(NC(C(C)(C)C)C1(C)CCC1CC)=C1CC1.Cc1ccc(Cl)cc1Cl. The minimum atomic E-state index is 0.202. The molecule has 2 aromatic carbocycles. The Balaban J connectivity index is 0.000000479. The smallest absolute Gasteiger partial charge is 0.0449 e. The molecule has 0 bridgehead atoms. The Labute approximate surface area is 301 Å². The molecule has 0 heterocycles. The van der Waals surface area contributed by atoms with Crippen molar-refractivity contribution in [3.8, 4) is 0 Å². The molecule has 0 aromatic heterocycles. The third-order valence-corrected chi connectivity index (χ3v) is 11.5. The van der Waals surface area contributed by atoms with Crippen molar-refractivity contribution in [2.75, 3.05) is 0 Å². The van der Waals surface area contributed by atoms with Crippen LogP contribution in [0.1, 0.15) is 130 Å². The van der Waals surface area contributed by atoms with E-state index in [2.05, 4.69) is 78.1 Å². The van der Waals surface area contributed by atoms with Crippen LogP contribution in [0.2, 0.25) is 15.1 Å². The number of rotatable bonds is 10. The number of halogens is 3. The zero-order chi connectivity index (χ0) is 34.4. The average molecular weight is 695 g/mol. The predicted molar refractivity (Wildman–Crippen MR) is 209 cm³/mol. The summed E-state index contributed by atoms with van der Waals surface area (Å²) in [6.07, 6.45) is 18.5. The lowest BCUT2D eigenvalue weighted by atomic mass is 9.52. The standard InChI is InChI=1S/C36H52ClN.C7H6Cl2/c1-8-12-30-27(24-25-16-20-29(37)21-17-25)14-11-15-31(30)32(13-9-2)33(26-18-19-26)38-34(35(4,5)6)36(7)23-22-28(36)10-3;1-5-2-3-6(8)4-7(5)9/h13,16-17,20-21,24,28,34,38H,8-12,14-15,18-19,22-23H2,1-7H3;2-4H,1H3/b27-24+,32-13-;. The van der Waals surface area contributed by atoms with E-state index in [1.807, 2.05) is 31.2 Å². The maximum absolute atomic E-state index is 6.19. The molecule has 2 saturated carbocycles. The van der Waals surface area contributed by atoms with Crippen molar-refractivity contribution in [1.29, 1.82) is 0 Å². The summed E-state index contributed by atoms with van der Waals surface area (Å²) >= 11 is 17.6. The van der Waals surface area contributed by atoms with Crippen molar-refractivity contribution in [3.05, 3.63) is 108 Å². The summed E-state index contributed by atoms with van der Waals surface area (Å²) in [5, 5.41) is 6.54. The third kappa shape index (κ3) is 9.61. The maximum atomic E-state index is 6.19. The highest BCUT2D eigenvalue weighted by atomic mass is 35.5. The highest BCUT2D eigenvalue weighted by molar-refractivity contribution is 6.35. The summed E-state index contributed by atoms with van der Waals surface area (Å²) in [6.45, 7) is 18.9. The number of aryl methyl sites for hydroxylation is 1. The Bertz CT molecular complexity index is 1490. The molecule has 3 aliphatic carbocycles. The van der Waals surface area contributed by atoms with Gasteiger partial charge in [-0.05, 0) is 145 Å². The summed E-state index contributed by atoms with van der Waals surface area (Å²) in [4.78, 5) is 0. The molecule has 3 unspecified atom stereocenters. The third-order valence-electron chi connectivity index (χ3n) is 10.6. The molecule has 4 heteroatoms. The van der Waals surface area contributed by atoms with Crippen LogP contribution in [0.4, 0.5) is 0 Å². The quantitative estimate of drug-likeness (QED) is 0.261. The maximum Gasteiger partial charge on any atom is 0.0449 e. The second-order valence-electron chi connectivity index (χ2n) is 15.3. The Hall–Kier alpha value is -1.93. The first-order valence-electron chi connectivity index (χ1n) is 18.1. The van der Waals surface area contributed by atoms with Gasteiger partial charge in [-0.2, -0.15) is 0 Å². The second-order valence-corrected chi connectivity index (χ2v) is 16.6. The van der Waals surface area contributed by atoms with Crippen LogP contribution in [0.3, 0.4) is 0 Å². The van der Waals surface area contributed by atoms with E-state index in [4.69, 9.17) is 34.8 Å². The van der Waals surface area contributed by atoms with Gasteiger partial charge in [0.1, 0.15) is 0 Å². The fourth-order valence-electron chi connectivity index (χ4n) is 7.93. The van der Waals surface area contributed by atoms with E-state index in [1.54, 1.807) is 22.8 Å². The van der Waals surface area contributed by atoms with Crippen LogP contribution in [-0.2, 0) is 0 Å². The van der Waals surface area contributed by atoms with Gasteiger partial charge in [-0.25, -0.2) is 0 Å². The number of nitrogens with one attached hydrogen (secondary N) is 1. The Morgan fingerprint density at radius 3 is 2.15 bits per heavy atom. The van der Waals surface area contributed by atoms with E-state index in [9.17, 15) is 0 Å². The molecule has 5 rings (SSSR count). The molecule has 47 heavy (non-hydrogen) atoms. The molecule has 0 aliphatic heterocycles. The summed E-state index contributed by atoms with van der Waals surface area (Å²) in [5.41, 5.74) is 12.3. The van der Waals surface area contributed by atoms with Crippen molar-refractivity contribution in [3.63, 3.8) is 0 Å². The molecule has 1 nitrogen and oxygen atoms in total. The van der Waals surface area contributed by atoms with Crippen LogP contribution < -0.4 is 5.32 Å². The van der Waals surface area contributed by atoms with Gasteiger partial charge >= 0.3 is 0 Å². The number of hydrogen-bond donors (Lipinski definition) is 1. The van der Waals surface area contributed by atoms with Crippen LogP contribution in [0.5, 0.6) is 0 Å². The van der Waals surface area contributed by atoms with Gasteiger partial charge in [0.25, 0.3) is 0 Å². The Morgan fingerprint density at radius 1 is 0.957 bits per heavy atom. The van der Waals surface area contributed by atoms with Gasteiger partial charge < -0.3 is 5.32 Å². The molecule has 0 spiro atoms. The monoisotopic (exact) mass is 693 g/mol. The van der Waals surface area contributed by atoms with E-state index in [0.717, 1.165) is 34.4 Å². The summed E-state index contributed by atoms with van der Waals surface area (Å²) in [6, 6.07) is 14.3. The van der Waals surface area contributed by atoms with Crippen molar-refractivity contribution in [1.82, 2.24) is 5.32 Å². The van der Waals surface area contributed by atoms with Gasteiger partial charge in [-0.3, -0.25) is 0 Å². The molecule has 0 saturated heterocycles. The van der Waals surface area contributed by atoms with Crippen LogP contribution in [0.15, 0.2) is 82.1 Å². The first-order chi connectivity index (χ1) is 22.3. The zero-order valence-corrected chi connectivity index (χ0v) is 32.5. The predicted octanol–water partition coefficient (Wildman–Crippen LogP) is 14.5. The lowest BCUT2D eigenvalue weighted by Gasteiger charge is -2.57. The number of benzene rings is 2. The van der Waals surface area contributed by atoms with E-state index in [0.29, 0.717) is 16.5 Å². The minimum Gasteiger partial charge on any atom is -0.381 e.